The van der Waals surface area contributed by atoms with Crippen LogP contribution in [0.25, 0.3) is 22.2 Å². The Bertz CT molecular complexity index is 1310. The molecule has 4 aromatic heterocycles. The summed E-state index contributed by atoms with van der Waals surface area (Å²) in [5.74, 6) is 0.0342. The number of carbonyl (C=O) groups is 1. The Morgan fingerprint density at radius 1 is 1.00 bits per heavy atom. The molecule has 0 bridgehead atoms. The van der Waals surface area contributed by atoms with Gasteiger partial charge in [-0.05, 0) is 43.9 Å². The molecule has 0 amide bonds. The molecule has 6 rings (SSSR count). The third-order valence-electron chi connectivity index (χ3n) is 6.83. The highest BCUT2D eigenvalue weighted by Gasteiger charge is 2.32. The van der Waals surface area contributed by atoms with Crippen molar-refractivity contribution in [1.82, 2.24) is 34.4 Å². The van der Waals surface area contributed by atoms with E-state index in [0.29, 0.717) is 17.3 Å². The molecule has 5 heterocycles. The number of pyridine rings is 2. The summed E-state index contributed by atoms with van der Waals surface area (Å²) in [4.78, 5) is 24.8. The molecular weight excluding hydrogens is 414 g/mol. The van der Waals surface area contributed by atoms with Gasteiger partial charge in [0.2, 0.25) is 0 Å². The van der Waals surface area contributed by atoms with E-state index >= 15 is 0 Å². The number of aryl methyl sites for hydroxylation is 1. The summed E-state index contributed by atoms with van der Waals surface area (Å²) >= 11 is 0. The van der Waals surface area contributed by atoms with Gasteiger partial charge in [0.25, 0.3) is 0 Å². The molecule has 1 aliphatic carbocycles. The summed E-state index contributed by atoms with van der Waals surface area (Å²) in [5, 5.41) is 9.69. The molecule has 2 aliphatic rings. The number of aromatic nitrogens is 6. The predicted octanol–water partition coefficient (Wildman–Crippen LogP) is 3.45. The quantitative estimate of drug-likeness (QED) is 0.426. The van der Waals surface area contributed by atoms with Crippen molar-refractivity contribution in [1.29, 1.82) is 0 Å². The normalized spacial score (nSPS) is 17.6. The lowest BCUT2D eigenvalue weighted by molar-refractivity contribution is 0.0991. The van der Waals surface area contributed by atoms with Gasteiger partial charge in [0.05, 0.1) is 47.3 Å². The highest BCUT2D eigenvalue weighted by Crippen LogP contribution is 2.32. The second kappa shape index (κ2) is 8.19. The van der Waals surface area contributed by atoms with E-state index in [1.807, 2.05) is 42.3 Å². The van der Waals surface area contributed by atoms with E-state index in [2.05, 4.69) is 20.1 Å². The highest BCUT2D eigenvalue weighted by molar-refractivity contribution is 5.97. The van der Waals surface area contributed by atoms with Crippen molar-refractivity contribution in [3.63, 3.8) is 0 Å². The zero-order valence-electron chi connectivity index (χ0n) is 18.8. The first-order valence-electron chi connectivity index (χ1n) is 11.7. The summed E-state index contributed by atoms with van der Waals surface area (Å²) in [6, 6.07) is 7.09. The number of hydrogen-bond acceptors (Lipinski definition) is 6. The van der Waals surface area contributed by atoms with Gasteiger partial charge >= 0.3 is 0 Å². The monoisotopic (exact) mass is 441 g/mol. The molecule has 0 unspecified atom stereocenters. The molecule has 0 N–H and O–H groups in total. The molecule has 0 atom stereocenters. The first-order valence-corrected chi connectivity index (χ1v) is 11.7. The average Bonchev–Trinajstić information content (AvgIpc) is 3.40. The van der Waals surface area contributed by atoms with Crippen LogP contribution in [0.3, 0.4) is 0 Å². The Morgan fingerprint density at radius 2 is 1.85 bits per heavy atom. The molecule has 0 aromatic carbocycles. The van der Waals surface area contributed by atoms with Crippen LogP contribution in [0.4, 0.5) is 0 Å². The predicted molar refractivity (Wildman–Crippen MR) is 125 cm³/mol. The summed E-state index contributed by atoms with van der Waals surface area (Å²) in [6.45, 7) is 2.26. The molecule has 1 saturated heterocycles. The molecule has 1 aliphatic heterocycles. The molecule has 4 aromatic rings. The number of ketones is 1. The number of piperidine rings is 1. The largest absolute Gasteiger partial charge is 0.300 e. The van der Waals surface area contributed by atoms with E-state index in [0.717, 1.165) is 54.1 Å². The van der Waals surface area contributed by atoms with Crippen molar-refractivity contribution in [2.45, 2.75) is 44.2 Å². The fourth-order valence-corrected chi connectivity index (χ4v) is 4.77. The third kappa shape index (κ3) is 4.18. The number of nitrogens with zero attached hydrogens (tertiary/aromatic N) is 7. The maximum atomic E-state index is 13.0. The van der Waals surface area contributed by atoms with Crippen LogP contribution in [0, 0.1) is 0 Å². The number of hydrogen-bond donors (Lipinski definition) is 0. The second-order valence-corrected chi connectivity index (χ2v) is 9.27. The van der Waals surface area contributed by atoms with Crippen molar-refractivity contribution < 1.29 is 4.79 Å². The standard InChI is InChI=1S/C25H27N7O/c1-30-15-18(13-27-30)23-5-2-17-12-26-20(10-24(17)29-23)11-25(33)19-14-28-32(16-19)22-6-8-31(9-7-22)21-3-4-21/h2,5,10,12-16,21-22H,3-4,6-9,11H2,1H3. The van der Waals surface area contributed by atoms with Crippen LogP contribution in [0.5, 0.6) is 0 Å². The fourth-order valence-electron chi connectivity index (χ4n) is 4.77. The fraction of sp³-hybridized carbons (Fsp3) is 0.400. The number of Topliss-reactive ketones (excluding diaryl/α,β-unsaturated/α-hetero) is 1. The third-order valence-corrected chi connectivity index (χ3v) is 6.83. The zero-order valence-corrected chi connectivity index (χ0v) is 18.8. The molecule has 2 fully saturated rings. The van der Waals surface area contributed by atoms with E-state index in [4.69, 9.17) is 4.98 Å². The van der Waals surface area contributed by atoms with Gasteiger partial charge in [0.1, 0.15) is 0 Å². The van der Waals surface area contributed by atoms with Crippen LogP contribution in [-0.4, -0.2) is 59.3 Å². The van der Waals surface area contributed by atoms with Crippen molar-refractivity contribution in [2.24, 2.45) is 7.05 Å². The van der Waals surface area contributed by atoms with Gasteiger partial charge in [-0.3, -0.25) is 19.1 Å². The smallest absolute Gasteiger partial charge is 0.171 e. The molecule has 0 spiro atoms. The molecular formula is C25H27N7O. The first-order chi connectivity index (χ1) is 16.1. The van der Waals surface area contributed by atoms with Crippen molar-refractivity contribution >= 4 is 16.7 Å². The molecule has 1 saturated carbocycles. The minimum atomic E-state index is 0.0342. The SMILES string of the molecule is Cn1cc(-c2ccc3cnc(CC(=O)c4cnn(C5CCN(C6CC6)CC5)c4)cc3n2)cn1. The summed E-state index contributed by atoms with van der Waals surface area (Å²) in [5.41, 5.74) is 4.01. The van der Waals surface area contributed by atoms with Gasteiger partial charge in [-0.15, -0.1) is 0 Å². The summed E-state index contributed by atoms with van der Waals surface area (Å²) < 4.78 is 3.75. The second-order valence-electron chi connectivity index (χ2n) is 9.27. The number of fused-ring (bicyclic) bond motifs is 1. The lowest BCUT2D eigenvalue weighted by Gasteiger charge is -2.32. The van der Waals surface area contributed by atoms with Crippen LogP contribution in [0.1, 0.15) is 47.8 Å². The lowest BCUT2D eigenvalue weighted by Crippen LogP contribution is -2.36. The number of likely N-dealkylation sites (tertiary alicyclic amines) is 1. The van der Waals surface area contributed by atoms with Crippen LogP contribution in [0.15, 0.2) is 49.2 Å². The lowest BCUT2D eigenvalue weighted by atomic mass is 10.0. The van der Waals surface area contributed by atoms with Gasteiger partial charge in [-0.1, -0.05) is 0 Å². The Morgan fingerprint density at radius 3 is 2.61 bits per heavy atom. The van der Waals surface area contributed by atoms with E-state index in [1.54, 1.807) is 23.3 Å². The summed E-state index contributed by atoms with van der Waals surface area (Å²) in [7, 11) is 1.89. The van der Waals surface area contributed by atoms with Crippen LogP contribution in [0.2, 0.25) is 0 Å². The molecule has 8 nitrogen and oxygen atoms in total. The van der Waals surface area contributed by atoms with Gasteiger partial charge in [0.15, 0.2) is 5.78 Å². The van der Waals surface area contributed by atoms with E-state index in [9.17, 15) is 4.79 Å². The summed E-state index contributed by atoms with van der Waals surface area (Å²) in [6.07, 6.45) is 14.3. The maximum Gasteiger partial charge on any atom is 0.171 e. The van der Waals surface area contributed by atoms with Gasteiger partial charge in [-0.2, -0.15) is 10.2 Å². The molecule has 8 heteroatoms. The Labute approximate surface area is 192 Å². The van der Waals surface area contributed by atoms with Gasteiger partial charge in [0, 0.05) is 55.7 Å². The topological polar surface area (TPSA) is 81.7 Å². The minimum absolute atomic E-state index is 0.0342. The maximum absolute atomic E-state index is 13.0. The number of rotatable bonds is 6. The van der Waals surface area contributed by atoms with E-state index in [1.165, 1.54) is 12.8 Å². The van der Waals surface area contributed by atoms with Gasteiger partial charge < -0.3 is 4.90 Å². The first kappa shape index (κ1) is 20.2. The highest BCUT2D eigenvalue weighted by atomic mass is 16.1. The van der Waals surface area contributed by atoms with Crippen molar-refractivity contribution in [3.8, 4) is 11.3 Å². The minimum Gasteiger partial charge on any atom is -0.300 e. The Balaban J connectivity index is 1.15. The van der Waals surface area contributed by atoms with Crippen molar-refractivity contribution in [2.75, 3.05) is 13.1 Å². The van der Waals surface area contributed by atoms with E-state index < -0.39 is 0 Å². The average molecular weight is 442 g/mol. The molecule has 0 radical (unpaired) electrons. The molecule has 168 valence electrons. The van der Waals surface area contributed by atoms with Crippen LogP contribution < -0.4 is 0 Å². The number of carbonyl (C=O) groups excluding carboxylic acids is 1. The zero-order chi connectivity index (χ0) is 22.4. The van der Waals surface area contributed by atoms with Gasteiger partial charge in [-0.25, -0.2) is 4.98 Å². The van der Waals surface area contributed by atoms with Crippen molar-refractivity contribution in [3.05, 3.63) is 60.4 Å². The Hall–Kier alpha value is -3.39. The molecule has 33 heavy (non-hydrogen) atoms. The van der Waals surface area contributed by atoms with Crippen LogP contribution >= 0.6 is 0 Å². The van der Waals surface area contributed by atoms with Crippen LogP contribution in [-0.2, 0) is 13.5 Å². The van der Waals surface area contributed by atoms with E-state index in [-0.39, 0.29) is 12.2 Å². The Kier molecular flexibility index (Phi) is 5.02.